The number of hydrogen-bond donors (Lipinski definition) is 1. The summed E-state index contributed by atoms with van der Waals surface area (Å²) in [5, 5.41) is 1.33. The van der Waals surface area contributed by atoms with Crippen LogP contribution in [0.3, 0.4) is 0 Å². The quantitative estimate of drug-likeness (QED) is 0.794. The lowest BCUT2D eigenvalue weighted by molar-refractivity contribution is 0.653. The molecule has 104 valence electrons. The summed E-state index contributed by atoms with van der Waals surface area (Å²) in [6, 6.07) is 5.53. The number of fused-ring (bicyclic) bond motifs is 1. The maximum atomic E-state index is 6.21. The van der Waals surface area contributed by atoms with Gasteiger partial charge in [0.1, 0.15) is 10.5 Å². The van der Waals surface area contributed by atoms with Crippen molar-refractivity contribution in [2.24, 2.45) is 0 Å². The van der Waals surface area contributed by atoms with Crippen molar-refractivity contribution in [3.05, 3.63) is 55.5 Å². The fourth-order valence-corrected chi connectivity index (χ4v) is 3.49. The summed E-state index contributed by atoms with van der Waals surface area (Å²) in [6.07, 6.45) is 5.06. The number of aryl methyl sites for hydroxylation is 1. The summed E-state index contributed by atoms with van der Waals surface area (Å²) < 4.78 is 0.719. The third-order valence-corrected chi connectivity index (χ3v) is 4.71. The molecular formula is C15H14Cl2N2S. The summed E-state index contributed by atoms with van der Waals surface area (Å²) in [7, 11) is 0. The largest absolute Gasteiger partial charge is 0.347 e. The van der Waals surface area contributed by atoms with Crippen LogP contribution in [0.1, 0.15) is 35.5 Å². The minimum Gasteiger partial charge on any atom is -0.347 e. The zero-order chi connectivity index (χ0) is 14.1. The molecule has 1 aromatic carbocycles. The molecule has 3 rings (SSSR count). The van der Waals surface area contributed by atoms with Gasteiger partial charge in [-0.1, -0.05) is 41.5 Å². The van der Waals surface area contributed by atoms with Crippen molar-refractivity contribution in [2.75, 3.05) is 0 Å². The number of H-pyrrole nitrogens is 1. The Balaban J connectivity index is 2.00. The molecule has 20 heavy (non-hydrogen) atoms. The lowest BCUT2D eigenvalue weighted by Crippen LogP contribution is -2.11. The first kappa shape index (κ1) is 14.1. The summed E-state index contributed by atoms with van der Waals surface area (Å²) in [5.74, 6) is 0.839. The van der Waals surface area contributed by atoms with E-state index < -0.39 is 0 Å². The Morgan fingerprint density at radius 1 is 1.15 bits per heavy atom. The molecule has 1 aromatic heterocycles. The zero-order valence-corrected chi connectivity index (χ0v) is 13.2. The maximum Gasteiger partial charge on any atom is 0.133 e. The molecule has 1 aliphatic carbocycles. The Bertz CT molecular complexity index is 689. The molecule has 0 unspecified atom stereocenters. The van der Waals surface area contributed by atoms with Gasteiger partial charge in [0, 0.05) is 27.7 Å². The van der Waals surface area contributed by atoms with Gasteiger partial charge < -0.3 is 4.98 Å². The minimum absolute atomic E-state index is 0.579. The van der Waals surface area contributed by atoms with Gasteiger partial charge in [0.05, 0.1) is 0 Å². The molecule has 0 bridgehead atoms. The second-order valence-corrected chi connectivity index (χ2v) is 6.23. The monoisotopic (exact) mass is 324 g/mol. The van der Waals surface area contributed by atoms with Crippen molar-refractivity contribution in [3.63, 3.8) is 0 Å². The molecule has 5 heteroatoms. The molecule has 0 aliphatic heterocycles. The van der Waals surface area contributed by atoms with Crippen molar-refractivity contribution in [1.29, 1.82) is 0 Å². The van der Waals surface area contributed by atoms with E-state index in [4.69, 9.17) is 35.4 Å². The third-order valence-electron chi connectivity index (χ3n) is 3.66. The van der Waals surface area contributed by atoms with Gasteiger partial charge in [0.25, 0.3) is 0 Å². The molecule has 0 atom stereocenters. The van der Waals surface area contributed by atoms with Crippen LogP contribution >= 0.6 is 35.4 Å². The van der Waals surface area contributed by atoms with E-state index in [-0.39, 0.29) is 0 Å². The van der Waals surface area contributed by atoms with Gasteiger partial charge in [-0.25, -0.2) is 4.98 Å². The highest BCUT2D eigenvalue weighted by Gasteiger charge is 2.14. The number of aromatic nitrogens is 2. The van der Waals surface area contributed by atoms with E-state index in [0.29, 0.717) is 16.5 Å². The highest BCUT2D eigenvalue weighted by molar-refractivity contribution is 7.71. The molecular weight excluding hydrogens is 311 g/mol. The second kappa shape index (κ2) is 5.84. The highest BCUT2D eigenvalue weighted by atomic mass is 35.5. The van der Waals surface area contributed by atoms with Crippen molar-refractivity contribution < 1.29 is 0 Å². The Hall–Kier alpha value is -0.900. The molecule has 0 saturated carbocycles. The zero-order valence-electron chi connectivity index (χ0n) is 10.9. The van der Waals surface area contributed by atoms with Gasteiger partial charge in [-0.15, -0.1) is 0 Å². The van der Waals surface area contributed by atoms with E-state index in [0.717, 1.165) is 28.9 Å². The predicted octanol–water partition coefficient (Wildman–Crippen LogP) is 4.92. The van der Waals surface area contributed by atoms with Crippen LogP contribution in [0, 0.1) is 4.64 Å². The Labute approximate surface area is 133 Å². The number of benzene rings is 1. The highest BCUT2D eigenvalue weighted by Crippen LogP contribution is 2.27. The van der Waals surface area contributed by atoms with E-state index >= 15 is 0 Å². The number of nitrogens with one attached hydrogen (secondary N) is 1. The normalized spacial score (nSPS) is 14.1. The van der Waals surface area contributed by atoms with E-state index in [9.17, 15) is 0 Å². The van der Waals surface area contributed by atoms with Crippen molar-refractivity contribution in [3.8, 4) is 0 Å². The number of aromatic amines is 1. The summed E-state index contributed by atoms with van der Waals surface area (Å²) in [5.41, 5.74) is 3.33. The molecule has 0 saturated heterocycles. The van der Waals surface area contributed by atoms with Crippen molar-refractivity contribution >= 4 is 35.4 Å². The topological polar surface area (TPSA) is 28.7 Å². The van der Waals surface area contributed by atoms with Gasteiger partial charge in [-0.2, -0.15) is 0 Å². The first-order valence-electron chi connectivity index (χ1n) is 6.69. The molecule has 1 N–H and O–H groups in total. The minimum atomic E-state index is 0.579. The number of halogens is 2. The number of hydrogen-bond acceptors (Lipinski definition) is 2. The first-order chi connectivity index (χ1) is 9.65. The van der Waals surface area contributed by atoms with Crippen LogP contribution in [-0.2, 0) is 19.3 Å². The van der Waals surface area contributed by atoms with Crippen LogP contribution in [0.4, 0.5) is 0 Å². The Morgan fingerprint density at radius 2 is 1.85 bits per heavy atom. The van der Waals surface area contributed by atoms with Crippen LogP contribution < -0.4 is 0 Å². The summed E-state index contributed by atoms with van der Waals surface area (Å²) in [4.78, 5) is 7.92. The van der Waals surface area contributed by atoms with E-state index in [1.165, 1.54) is 24.1 Å². The van der Waals surface area contributed by atoms with Gasteiger partial charge >= 0.3 is 0 Å². The Kier molecular flexibility index (Phi) is 4.11. The van der Waals surface area contributed by atoms with E-state index in [1.54, 1.807) is 0 Å². The first-order valence-corrected chi connectivity index (χ1v) is 7.85. The average Bonchev–Trinajstić information content (AvgIpc) is 2.43. The lowest BCUT2D eigenvalue weighted by atomic mass is 9.97. The number of rotatable bonds is 2. The second-order valence-electron chi connectivity index (χ2n) is 5.03. The van der Waals surface area contributed by atoms with Gasteiger partial charge in [0.2, 0.25) is 0 Å². The third kappa shape index (κ3) is 2.76. The van der Waals surface area contributed by atoms with E-state index in [2.05, 4.69) is 9.97 Å². The molecule has 1 aliphatic rings. The molecule has 1 heterocycles. The molecule has 0 spiro atoms. The van der Waals surface area contributed by atoms with Crippen LogP contribution in [0.2, 0.25) is 10.0 Å². The molecule has 0 radical (unpaired) electrons. The maximum absolute atomic E-state index is 6.21. The molecule has 2 aromatic rings. The van der Waals surface area contributed by atoms with Gasteiger partial charge in [-0.05, 0) is 43.4 Å². The van der Waals surface area contributed by atoms with Crippen LogP contribution in [-0.4, -0.2) is 9.97 Å². The van der Waals surface area contributed by atoms with Gasteiger partial charge in [-0.3, -0.25) is 0 Å². The lowest BCUT2D eigenvalue weighted by Gasteiger charge is -2.17. The summed E-state index contributed by atoms with van der Waals surface area (Å²) in [6.45, 7) is 0. The molecule has 0 fully saturated rings. The predicted molar refractivity (Wildman–Crippen MR) is 85.3 cm³/mol. The average molecular weight is 325 g/mol. The molecule has 0 amide bonds. The van der Waals surface area contributed by atoms with Crippen LogP contribution in [0.25, 0.3) is 0 Å². The standard InChI is InChI=1S/C15H14Cl2N2S/c16-11-5-3-6-12(17)10(11)8-14-18-13-7-2-1-4-9(13)15(20)19-14/h3,5-6H,1-2,4,7-8H2,(H,18,19,20). The Morgan fingerprint density at radius 3 is 2.60 bits per heavy atom. The van der Waals surface area contributed by atoms with Gasteiger partial charge in [0.15, 0.2) is 0 Å². The van der Waals surface area contributed by atoms with Crippen LogP contribution in [0.15, 0.2) is 18.2 Å². The fourth-order valence-electron chi connectivity index (χ4n) is 2.62. The smallest absolute Gasteiger partial charge is 0.133 e. The van der Waals surface area contributed by atoms with Crippen molar-refractivity contribution in [2.45, 2.75) is 32.1 Å². The molecule has 2 nitrogen and oxygen atoms in total. The fraction of sp³-hybridized carbons (Fsp3) is 0.333. The SMILES string of the molecule is S=c1nc(Cc2c(Cl)cccc2Cl)[nH]c2c1CCCC2. The summed E-state index contributed by atoms with van der Waals surface area (Å²) >= 11 is 17.8. The van der Waals surface area contributed by atoms with E-state index in [1.807, 2.05) is 18.2 Å². The van der Waals surface area contributed by atoms with Crippen LogP contribution in [0.5, 0.6) is 0 Å². The van der Waals surface area contributed by atoms with Crippen molar-refractivity contribution in [1.82, 2.24) is 9.97 Å². The number of nitrogens with zero attached hydrogens (tertiary/aromatic N) is 1.